The predicted octanol–water partition coefficient (Wildman–Crippen LogP) is 4.27. The molecule has 0 saturated carbocycles. The van der Waals surface area contributed by atoms with Crippen LogP contribution in [0, 0.1) is 0 Å². The molecule has 0 N–H and O–H groups in total. The Bertz CT molecular complexity index is 908. The molecule has 1 aromatic heterocycles. The summed E-state index contributed by atoms with van der Waals surface area (Å²) in [6.45, 7) is 4.02. The summed E-state index contributed by atoms with van der Waals surface area (Å²) in [5, 5.41) is 2.76. The highest BCUT2D eigenvalue weighted by atomic mass is 35.5. The van der Waals surface area contributed by atoms with Gasteiger partial charge in [0, 0.05) is 29.3 Å². The number of rotatable bonds is 5. The van der Waals surface area contributed by atoms with Crippen molar-refractivity contribution in [2.75, 3.05) is 13.1 Å². The second-order valence-corrected chi connectivity index (χ2v) is 7.94. The monoisotopic (exact) mass is 425 g/mol. The number of benzene rings is 1. The minimum absolute atomic E-state index is 0.0216. The van der Waals surface area contributed by atoms with E-state index in [1.165, 1.54) is 11.0 Å². The summed E-state index contributed by atoms with van der Waals surface area (Å²) < 4.78 is 52.9. The van der Waals surface area contributed by atoms with Crippen LogP contribution in [0.5, 0.6) is 0 Å². The lowest BCUT2D eigenvalue weighted by atomic mass is 10.4. The third-order valence-electron chi connectivity index (χ3n) is 3.57. The summed E-state index contributed by atoms with van der Waals surface area (Å²) in [6.07, 6.45) is -2.42. The normalized spacial score (nSPS) is 11.8. The zero-order chi connectivity index (χ0) is 19.6. The zero-order valence-corrected chi connectivity index (χ0v) is 16.1. The van der Waals surface area contributed by atoms with E-state index in [0.717, 1.165) is 18.3 Å². The van der Waals surface area contributed by atoms with Crippen molar-refractivity contribution < 1.29 is 22.0 Å². The van der Waals surface area contributed by atoms with Crippen molar-refractivity contribution in [1.82, 2.24) is 14.7 Å². The molecule has 1 heterocycles. The largest absolute Gasteiger partial charge is 0.344 e. The first kappa shape index (κ1) is 20.6. The lowest BCUT2D eigenvalue weighted by molar-refractivity contribution is 0.148. The van der Waals surface area contributed by atoms with Gasteiger partial charge in [0.05, 0.1) is 10.5 Å². The quantitative estimate of drug-likeness (QED) is 0.716. The van der Waals surface area contributed by atoms with E-state index >= 15 is 0 Å². The summed E-state index contributed by atoms with van der Waals surface area (Å²) in [5.74, 6) is 0. The van der Waals surface area contributed by atoms with Gasteiger partial charge in [-0.15, -0.1) is 0 Å². The summed E-state index contributed by atoms with van der Waals surface area (Å²) in [4.78, 5) is 13.2. The van der Waals surface area contributed by atoms with Crippen molar-refractivity contribution in [1.29, 1.82) is 0 Å². The third kappa shape index (κ3) is 3.99. The van der Waals surface area contributed by atoms with Gasteiger partial charge in [-0.05, 0) is 32.0 Å². The molecule has 0 bridgehead atoms. The SMILES string of the molecule is CCN(CC)C(=O)n1cc(C(F)F)c(S(=O)(=O)c2cc(Cl)cc(Cl)c2)n1. The molecule has 11 heteroatoms. The molecule has 142 valence electrons. The standard InChI is InChI=1S/C15H15Cl2F2N3O3S/c1-3-21(4-2)15(23)22-8-12(13(18)19)14(20-22)26(24,25)11-6-9(16)5-10(17)7-11/h5-8,13H,3-4H2,1-2H3. The van der Waals surface area contributed by atoms with Gasteiger partial charge in [-0.25, -0.2) is 22.0 Å². The van der Waals surface area contributed by atoms with Crippen LogP contribution < -0.4 is 0 Å². The summed E-state index contributed by atoms with van der Waals surface area (Å²) >= 11 is 11.6. The molecule has 0 radical (unpaired) electrons. The second kappa shape index (κ2) is 7.89. The number of sulfone groups is 1. The number of hydrogen-bond donors (Lipinski definition) is 0. The van der Waals surface area contributed by atoms with E-state index in [0.29, 0.717) is 17.8 Å². The fourth-order valence-electron chi connectivity index (χ4n) is 2.26. The molecule has 0 saturated heterocycles. The van der Waals surface area contributed by atoms with E-state index in [-0.39, 0.29) is 10.0 Å². The summed E-state index contributed by atoms with van der Waals surface area (Å²) in [7, 11) is -4.46. The number of nitrogens with zero attached hydrogens (tertiary/aromatic N) is 3. The third-order valence-corrected chi connectivity index (χ3v) is 5.69. The van der Waals surface area contributed by atoms with Gasteiger partial charge in [0.15, 0.2) is 5.03 Å². The van der Waals surface area contributed by atoms with Crippen LogP contribution in [-0.2, 0) is 9.84 Å². The second-order valence-electron chi connectivity index (χ2n) is 5.20. The lowest BCUT2D eigenvalue weighted by Gasteiger charge is -2.17. The van der Waals surface area contributed by atoms with E-state index in [4.69, 9.17) is 23.2 Å². The van der Waals surface area contributed by atoms with Crippen LogP contribution in [0.3, 0.4) is 0 Å². The van der Waals surface area contributed by atoms with Crippen molar-refractivity contribution in [3.8, 4) is 0 Å². The number of carbonyl (C=O) groups is 1. The fraction of sp³-hybridized carbons (Fsp3) is 0.333. The van der Waals surface area contributed by atoms with Gasteiger partial charge in [0.2, 0.25) is 9.84 Å². The topological polar surface area (TPSA) is 72.3 Å². The van der Waals surface area contributed by atoms with Gasteiger partial charge in [-0.3, -0.25) is 0 Å². The Morgan fingerprint density at radius 2 is 1.73 bits per heavy atom. The van der Waals surface area contributed by atoms with Crippen LogP contribution >= 0.6 is 23.2 Å². The van der Waals surface area contributed by atoms with Crippen LogP contribution in [0.25, 0.3) is 0 Å². The zero-order valence-electron chi connectivity index (χ0n) is 13.8. The first-order valence-corrected chi connectivity index (χ1v) is 9.73. The van der Waals surface area contributed by atoms with E-state index in [2.05, 4.69) is 5.10 Å². The summed E-state index contributed by atoms with van der Waals surface area (Å²) in [5.41, 5.74) is -0.874. The van der Waals surface area contributed by atoms with Crippen LogP contribution in [0.4, 0.5) is 13.6 Å². The molecule has 26 heavy (non-hydrogen) atoms. The van der Waals surface area contributed by atoms with Crippen LogP contribution in [0.2, 0.25) is 10.0 Å². The number of halogens is 4. The number of amides is 1. The molecular weight excluding hydrogens is 411 g/mol. The van der Waals surface area contributed by atoms with Crippen molar-refractivity contribution in [2.45, 2.75) is 30.2 Å². The molecule has 0 atom stereocenters. The Morgan fingerprint density at radius 1 is 1.19 bits per heavy atom. The smallest absolute Gasteiger partial charge is 0.323 e. The Balaban J connectivity index is 2.62. The first-order chi connectivity index (χ1) is 12.1. The number of alkyl halides is 2. The fourth-order valence-corrected chi connectivity index (χ4v) is 4.35. The van der Waals surface area contributed by atoms with Crippen molar-refractivity contribution in [2.24, 2.45) is 0 Å². The Morgan fingerprint density at radius 3 is 2.19 bits per heavy atom. The van der Waals surface area contributed by atoms with Gasteiger partial charge >= 0.3 is 6.03 Å². The Hall–Kier alpha value is -1.71. The molecule has 0 fully saturated rings. The molecule has 0 spiro atoms. The highest BCUT2D eigenvalue weighted by Crippen LogP contribution is 2.32. The minimum Gasteiger partial charge on any atom is -0.323 e. The molecule has 0 unspecified atom stereocenters. The molecule has 1 aromatic carbocycles. The van der Waals surface area contributed by atoms with Crippen molar-refractivity contribution in [3.05, 3.63) is 40.0 Å². The minimum atomic E-state index is -4.46. The van der Waals surface area contributed by atoms with Gasteiger partial charge < -0.3 is 4.90 Å². The molecule has 2 rings (SSSR count). The van der Waals surface area contributed by atoms with Crippen molar-refractivity contribution >= 4 is 39.1 Å². The van der Waals surface area contributed by atoms with Crippen LogP contribution in [0.15, 0.2) is 34.3 Å². The van der Waals surface area contributed by atoms with E-state index in [9.17, 15) is 22.0 Å². The Labute approximate surface area is 159 Å². The number of hydrogen-bond acceptors (Lipinski definition) is 4. The molecule has 0 aliphatic rings. The van der Waals surface area contributed by atoms with E-state index < -0.39 is 37.8 Å². The molecule has 0 aliphatic carbocycles. The number of aromatic nitrogens is 2. The average Bonchev–Trinajstić information content (AvgIpc) is 3.01. The Kier molecular flexibility index (Phi) is 6.25. The van der Waals surface area contributed by atoms with Crippen LogP contribution in [0.1, 0.15) is 25.8 Å². The predicted molar refractivity (Wildman–Crippen MR) is 92.8 cm³/mol. The average molecular weight is 426 g/mol. The maximum Gasteiger partial charge on any atom is 0.344 e. The maximum absolute atomic E-state index is 13.4. The maximum atomic E-state index is 13.4. The lowest BCUT2D eigenvalue weighted by Crippen LogP contribution is -2.34. The van der Waals surface area contributed by atoms with Gasteiger partial charge in [0.1, 0.15) is 0 Å². The highest BCUT2D eigenvalue weighted by molar-refractivity contribution is 7.91. The van der Waals surface area contributed by atoms with Crippen molar-refractivity contribution in [3.63, 3.8) is 0 Å². The molecule has 0 aliphatic heterocycles. The van der Waals surface area contributed by atoms with E-state index in [1.807, 2.05) is 0 Å². The van der Waals surface area contributed by atoms with E-state index in [1.54, 1.807) is 13.8 Å². The van der Waals surface area contributed by atoms with Gasteiger partial charge in [-0.2, -0.15) is 9.78 Å². The number of carbonyl (C=O) groups excluding carboxylic acids is 1. The van der Waals surface area contributed by atoms with Gasteiger partial charge in [-0.1, -0.05) is 23.2 Å². The summed E-state index contributed by atoms with van der Waals surface area (Å²) in [6, 6.07) is 2.74. The molecule has 2 aromatic rings. The molecular formula is C15H15Cl2F2N3O3S. The molecule has 1 amide bonds. The first-order valence-electron chi connectivity index (χ1n) is 7.50. The molecule has 6 nitrogen and oxygen atoms in total. The van der Waals surface area contributed by atoms with Crippen LogP contribution in [-0.4, -0.2) is 42.2 Å². The highest BCUT2D eigenvalue weighted by Gasteiger charge is 2.32. The van der Waals surface area contributed by atoms with Gasteiger partial charge in [0.25, 0.3) is 6.43 Å².